The number of rotatable bonds is 6. The highest BCUT2D eigenvalue weighted by Gasteiger charge is 2.39. The molecular formula is C18H25NO5S. The number of para-hydroxylation sites is 2. The standard InChI is InChI=1S/C18H25NO5S/c1-23-16-8-4-5-9-17(16)24-12-18(20)19(14-6-2-3-7-14)15-10-11-25(21,22)13-15/h4-5,8-9,14-15H,2-3,6-7,10-13H2,1H3/t15-/m0/s1. The summed E-state index contributed by atoms with van der Waals surface area (Å²) in [6.07, 6.45) is 4.58. The van der Waals surface area contributed by atoms with E-state index in [2.05, 4.69) is 0 Å². The number of carbonyl (C=O) groups is 1. The predicted molar refractivity (Wildman–Crippen MR) is 94.6 cm³/mol. The molecule has 0 unspecified atom stereocenters. The molecule has 1 aliphatic heterocycles. The second kappa shape index (κ2) is 7.64. The van der Waals surface area contributed by atoms with Crippen LogP contribution in [0.25, 0.3) is 0 Å². The Morgan fingerprint density at radius 3 is 2.40 bits per heavy atom. The van der Waals surface area contributed by atoms with Crippen LogP contribution in [0.4, 0.5) is 0 Å². The molecule has 0 spiro atoms. The van der Waals surface area contributed by atoms with E-state index < -0.39 is 9.84 Å². The van der Waals surface area contributed by atoms with Crippen molar-refractivity contribution in [2.75, 3.05) is 25.2 Å². The Kier molecular flexibility index (Phi) is 5.51. The second-order valence-electron chi connectivity index (χ2n) is 6.74. The van der Waals surface area contributed by atoms with Crippen LogP contribution < -0.4 is 9.47 Å². The second-order valence-corrected chi connectivity index (χ2v) is 8.96. The summed E-state index contributed by atoms with van der Waals surface area (Å²) in [6.45, 7) is -0.104. The molecule has 138 valence electrons. The van der Waals surface area contributed by atoms with Crippen LogP contribution in [-0.4, -0.2) is 56.5 Å². The van der Waals surface area contributed by atoms with Crippen molar-refractivity contribution in [3.8, 4) is 11.5 Å². The molecule has 1 atom stereocenters. The summed E-state index contributed by atoms with van der Waals surface area (Å²) < 4.78 is 34.6. The summed E-state index contributed by atoms with van der Waals surface area (Å²) in [5, 5.41) is 0. The van der Waals surface area contributed by atoms with Crippen molar-refractivity contribution in [1.29, 1.82) is 0 Å². The van der Waals surface area contributed by atoms with E-state index in [4.69, 9.17) is 9.47 Å². The quantitative estimate of drug-likeness (QED) is 0.769. The van der Waals surface area contributed by atoms with Gasteiger partial charge in [0, 0.05) is 12.1 Å². The fourth-order valence-corrected chi connectivity index (χ4v) is 5.55. The SMILES string of the molecule is COc1ccccc1OCC(=O)N(C1CCCC1)[C@H]1CCS(=O)(=O)C1. The first-order chi connectivity index (χ1) is 12.0. The molecule has 1 heterocycles. The van der Waals surface area contributed by atoms with E-state index in [0.29, 0.717) is 17.9 Å². The third-order valence-corrected chi connectivity index (χ3v) is 6.78. The van der Waals surface area contributed by atoms with Gasteiger partial charge in [-0.05, 0) is 31.4 Å². The van der Waals surface area contributed by atoms with Gasteiger partial charge in [0.2, 0.25) is 0 Å². The lowest BCUT2D eigenvalue weighted by molar-refractivity contribution is -0.137. The largest absolute Gasteiger partial charge is 0.493 e. The minimum atomic E-state index is -3.04. The van der Waals surface area contributed by atoms with Crippen LogP contribution >= 0.6 is 0 Å². The van der Waals surface area contributed by atoms with Gasteiger partial charge in [-0.1, -0.05) is 25.0 Å². The van der Waals surface area contributed by atoms with Gasteiger partial charge < -0.3 is 14.4 Å². The van der Waals surface area contributed by atoms with Gasteiger partial charge in [0.15, 0.2) is 27.9 Å². The number of ether oxygens (including phenoxy) is 2. The van der Waals surface area contributed by atoms with E-state index in [1.54, 1.807) is 24.1 Å². The third kappa shape index (κ3) is 4.26. The highest BCUT2D eigenvalue weighted by Crippen LogP contribution is 2.30. The molecule has 1 aromatic rings. The first-order valence-corrected chi connectivity index (χ1v) is 10.6. The number of hydrogen-bond acceptors (Lipinski definition) is 5. The molecule has 1 saturated heterocycles. The van der Waals surface area contributed by atoms with E-state index in [9.17, 15) is 13.2 Å². The highest BCUT2D eigenvalue weighted by atomic mass is 32.2. The molecule has 3 rings (SSSR count). The van der Waals surface area contributed by atoms with Crippen LogP contribution in [0.5, 0.6) is 11.5 Å². The summed E-state index contributed by atoms with van der Waals surface area (Å²) in [5.74, 6) is 1.20. The first-order valence-electron chi connectivity index (χ1n) is 8.77. The minimum Gasteiger partial charge on any atom is -0.493 e. The molecule has 2 aliphatic rings. The molecule has 0 aromatic heterocycles. The average molecular weight is 367 g/mol. The van der Waals surface area contributed by atoms with Gasteiger partial charge in [-0.25, -0.2) is 8.42 Å². The molecule has 7 heteroatoms. The van der Waals surface area contributed by atoms with Gasteiger partial charge in [0.25, 0.3) is 5.91 Å². The van der Waals surface area contributed by atoms with Crippen molar-refractivity contribution >= 4 is 15.7 Å². The molecule has 1 amide bonds. The lowest BCUT2D eigenvalue weighted by atomic mass is 10.1. The van der Waals surface area contributed by atoms with Gasteiger partial charge in [-0.2, -0.15) is 0 Å². The van der Waals surface area contributed by atoms with Gasteiger partial charge in [-0.3, -0.25) is 4.79 Å². The van der Waals surface area contributed by atoms with Crippen molar-refractivity contribution < 1.29 is 22.7 Å². The Hall–Kier alpha value is -1.76. The number of nitrogens with zero attached hydrogens (tertiary/aromatic N) is 1. The Bertz CT molecular complexity index is 712. The van der Waals surface area contributed by atoms with Crippen molar-refractivity contribution in [2.45, 2.75) is 44.2 Å². The van der Waals surface area contributed by atoms with E-state index in [1.807, 2.05) is 12.1 Å². The molecule has 25 heavy (non-hydrogen) atoms. The van der Waals surface area contributed by atoms with Crippen LogP contribution in [0.2, 0.25) is 0 Å². The number of hydrogen-bond donors (Lipinski definition) is 0. The molecule has 0 bridgehead atoms. The van der Waals surface area contributed by atoms with Crippen LogP contribution in [0, 0.1) is 0 Å². The van der Waals surface area contributed by atoms with Crippen molar-refractivity contribution in [3.05, 3.63) is 24.3 Å². The van der Waals surface area contributed by atoms with Gasteiger partial charge >= 0.3 is 0 Å². The lowest BCUT2D eigenvalue weighted by Gasteiger charge is -2.34. The van der Waals surface area contributed by atoms with E-state index in [0.717, 1.165) is 25.7 Å². The van der Waals surface area contributed by atoms with Crippen molar-refractivity contribution in [2.24, 2.45) is 0 Å². The predicted octanol–water partition coefficient (Wildman–Crippen LogP) is 2.03. The maximum atomic E-state index is 12.9. The number of sulfone groups is 1. The normalized spacial score (nSPS) is 22.7. The van der Waals surface area contributed by atoms with Crippen molar-refractivity contribution in [3.63, 3.8) is 0 Å². The molecule has 1 aromatic carbocycles. The topological polar surface area (TPSA) is 72.9 Å². The minimum absolute atomic E-state index is 0.0733. The van der Waals surface area contributed by atoms with E-state index in [1.165, 1.54) is 0 Å². The highest BCUT2D eigenvalue weighted by molar-refractivity contribution is 7.91. The summed E-state index contributed by atoms with van der Waals surface area (Å²) in [7, 11) is -1.48. The van der Waals surface area contributed by atoms with Crippen LogP contribution in [0.15, 0.2) is 24.3 Å². The van der Waals surface area contributed by atoms with Gasteiger partial charge in [0.05, 0.1) is 18.6 Å². The van der Waals surface area contributed by atoms with Gasteiger partial charge in [-0.15, -0.1) is 0 Å². The third-order valence-electron chi connectivity index (χ3n) is 5.03. The molecular weight excluding hydrogens is 342 g/mol. The van der Waals surface area contributed by atoms with E-state index >= 15 is 0 Å². The Morgan fingerprint density at radius 2 is 1.80 bits per heavy atom. The zero-order valence-electron chi connectivity index (χ0n) is 14.5. The summed E-state index contributed by atoms with van der Waals surface area (Å²) in [6, 6.07) is 7.10. The molecule has 1 aliphatic carbocycles. The molecule has 0 radical (unpaired) electrons. The summed E-state index contributed by atoms with van der Waals surface area (Å²) in [5.41, 5.74) is 0. The maximum absolute atomic E-state index is 12.9. The molecule has 2 fully saturated rings. The number of methoxy groups -OCH3 is 1. The fraction of sp³-hybridized carbons (Fsp3) is 0.611. The monoisotopic (exact) mass is 367 g/mol. The van der Waals surface area contributed by atoms with E-state index in [-0.39, 0.29) is 36.1 Å². The number of benzene rings is 1. The molecule has 6 nitrogen and oxygen atoms in total. The maximum Gasteiger partial charge on any atom is 0.261 e. The summed E-state index contributed by atoms with van der Waals surface area (Å²) in [4.78, 5) is 14.7. The Morgan fingerprint density at radius 1 is 1.12 bits per heavy atom. The number of carbonyl (C=O) groups excluding carboxylic acids is 1. The fourth-order valence-electron chi connectivity index (χ4n) is 3.83. The lowest BCUT2D eigenvalue weighted by Crippen LogP contribution is -2.48. The average Bonchev–Trinajstić information content (AvgIpc) is 3.23. The Balaban J connectivity index is 1.71. The Labute approximate surface area is 149 Å². The van der Waals surface area contributed by atoms with Crippen LogP contribution in [0.1, 0.15) is 32.1 Å². The van der Waals surface area contributed by atoms with Gasteiger partial charge in [0.1, 0.15) is 0 Å². The van der Waals surface area contributed by atoms with Crippen LogP contribution in [-0.2, 0) is 14.6 Å². The number of amides is 1. The smallest absolute Gasteiger partial charge is 0.261 e. The molecule has 0 N–H and O–H groups in total. The summed E-state index contributed by atoms with van der Waals surface area (Å²) >= 11 is 0. The molecule has 1 saturated carbocycles. The van der Waals surface area contributed by atoms with Crippen LogP contribution in [0.3, 0.4) is 0 Å². The van der Waals surface area contributed by atoms with Crippen molar-refractivity contribution in [1.82, 2.24) is 4.90 Å². The first kappa shape index (κ1) is 18.0. The zero-order chi connectivity index (χ0) is 17.9. The zero-order valence-corrected chi connectivity index (χ0v) is 15.3.